The molecule has 0 radical (unpaired) electrons. The van der Waals surface area contributed by atoms with E-state index in [0.29, 0.717) is 23.7 Å². The molecule has 0 saturated carbocycles. The van der Waals surface area contributed by atoms with E-state index in [1.165, 1.54) is 6.07 Å². The first-order valence-corrected chi connectivity index (χ1v) is 13.5. The molecular weight excluding hydrogens is 480 g/mol. The van der Waals surface area contributed by atoms with Gasteiger partial charge in [0.1, 0.15) is 11.6 Å². The van der Waals surface area contributed by atoms with Gasteiger partial charge in [-0.1, -0.05) is 30.3 Å². The summed E-state index contributed by atoms with van der Waals surface area (Å²) in [5, 5.41) is 11.4. The lowest BCUT2D eigenvalue weighted by Gasteiger charge is -2.32. The zero-order chi connectivity index (χ0) is 26.5. The van der Waals surface area contributed by atoms with Gasteiger partial charge in [-0.15, -0.1) is 0 Å². The monoisotopic (exact) mass is 515 g/mol. The molecule has 7 heteroatoms. The van der Waals surface area contributed by atoms with Gasteiger partial charge in [0.05, 0.1) is 23.4 Å². The summed E-state index contributed by atoms with van der Waals surface area (Å²) in [6, 6.07) is 20.9. The van der Waals surface area contributed by atoms with Crippen LogP contribution in [0.1, 0.15) is 55.5 Å². The molecule has 5 nitrogen and oxygen atoms in total. The Balaban J connectivity index is 1.26. The van der Waals surface area contributed by atoms with Crippen molar-refractivity contribution in [1.29, 1.82) is 5.41 Å². The number of hydrogen-bond acceptors (Lipinski definition) is 4. The highest BCUT2D eigenvalue weighted by Gasteiger charge is 2.25. The second-order valence-electron chi connectivity index (χ2n) is 10.2. The van der Waals surface area contributed by atoms with Crippen LogP contribution in [0.5, 0.6) is 0 Å². The summed E-state index contributed by atoms with van der Waals surface area (Å²) in [6.45, 7) is 5.02. The van der Waals surface area contributed by atoms with Gasteiger partial charge in [-0.25, -0.2) is 9.37 Å². The first kappa shape index (κ1) is 26.0. The van der Waals surface area contributed by atoms with Crippen molar-refractivity contribution in [3.63, 3.8) is 0 Å². The van der Waals surface area contributed by atoms with E-state index in [-0.39, 0.29) is 12.5 Å². The molecule has 198 valence electrons. The number of hydrogen-bond donors (Lipinski definition) is 2. The summed E-state index contributed by atoms with van der Waals surface area (Å²) in [5.41, 5.74) is 5.66. The predicted octanol–water partition coefficient (Wildman–Crippen LogP) is 7.44. The van der Waals surface area contributed by atoms with Crippen molar-refractivity contribution in [2.75, 3.05) is 25.1 Å². The molecule has 0 aliphatic carbocycles. The highest BCUT2D eigenvalue weighted by atomic mass is 19.1. The standard InChI is InChI=1S/C31H35F2N5/c1-22(34)25-20-23(12-13-27(25)35-28-9-3-2-8-26(28)33)21-37-18-14-24(15-19-37)31-36-29-10-4-5-11-30(29)38(31)17-7-6-16-32/h2-5,8-13,20,24,34-35H,6-7,14-19,21H2,1H3. The summed E-state index contributed by atoms with van der Waals surface area (Å²) in [6.07, 6.45) is 3.45. The number of halogens is 2. The van der Waals surface area contributed by atoms with Crippen LogP contribution in [-0.4, -0.2) is 39.9 Å². The number of alkyl halides is 1. The van der Waals surface area contributed by atoms with Crippen molar-refractivity contribution >= 4 is 28.1 Å². The van der Waals surface area contributed by atoms with Gasteiger partial charge in [0.15, 0.2) is 0 Å². The summed E-state index contributed by atoms with van der Waals surface area (Å²) < 4.78 is 29.2. The number of unbranched alkanes of at least 4 members (excludes halogenated alkanes) is 1. The first-order valence-electron chi connectivity index (χ1n) is 13.5. The van der Waals surface area contributed by atoms with Crippen LogP contribution in [-0.2, 0) is 13.1 Å². The lowest BCUT2D eigenvalue weighted by atomic mass is 9.95. The van der Waals surface area contributed by atoms with Crippen LogP contribution in [0.3, 0.4) is 0 Å². The Morgan fingerprint density at radius 1 is 1.00 bits per heavy atom. The Hall–Kier alpha value is -3.58. The zero-order valence-electron chi connectivity index (χ0n) is 21.9. The normalized spacial score (nSPS) is 14.7. The molecule has 3 aromatic carbocycles. The zero-order valence-corrected chi connectivity index (χ0v) is 21.9. The molecule has 5 rings (SSSR count). The largest absolute Gasteiger partial charge is 0.353 e. The van der Waals surface area contributed by atoms with Crippen LogP contribution < -0.4 is 5.32 Å². The lowest BCUT2D eigenvalue weighted by molar-refractivity contribution is 0.200. The van der Waals surface area contributed by atoms with E-state index in [1.54, 1.807) is 25.1 Å². The lowest BCUT2D eigenvalue weighted by Crippen LogP contribution is -2.33. The number of nitrogens with zero attached hydrogens (tertiary/aromatic N) is 3. The quantitative estimate of drug-likeness (QED) is 0.170. The van der Waals surface area contributed by atoms with Crippen molar-refractivity contribution in [2.45, 2.75) is 51.6 Å². The van der Waals surface area contributed by atoms with E-state index in [1.807, 2.05) is 24.3 Å². The number of likely N-dealkylation sites (tertiary alicyclic amines) is 1. The smallest absolute Gasteiger partial charge is 0.146 e. The number of aromatic nitrogens is 2. The van der Waals surface area contributed by atoms with Gasteiger partial charge >= 0.3 is 0 Å². The fraction of sp³-hybridized carbons (Fsp3) is 0.355. The Bertz CT molecular complexity index is 1400. The molecule has 0 bridgehead atoms. The molecule has 1 fully saturated rings. The number of rotatable bonds is 10. The Kier molecular flexibility index (Phi) is 8.13. The fourth-order valence-electron chi connectivity index (χ4n) is 5.43. The molecular formula is C31H35F2N5. The van der Waals surface area contributed by atoms with E-state index >= 15 is 0 Å². The van der Waals surface area contributed by atoms with E-state index < -0.39 is 0 Å². The Morgan fingerprint density at radius 3 is 2.53 bits per heavy atom. The molecule has 2 N–H and O–H groups in total. The molecule has 1 aromatic heterocycles. The number of aryl methyl sites for hydroxylation is 1. The number of fused-ring (bicyclic) bond motifs is 1. The van der Waals surface area contributed by atoms with Gasteiger partial charge in [-0.05, 0) is 87.7 Å². The van der Waals surface area contributed by atoms with Crippen LogP contribution in [0, 0.1) is 11.2 Å². The topological polar surface area (TPSA) is 56.9 Å². The molecule has 2 heterocycles. The van der Waals surface area contributed by atoms with Crippen LogP contribution in [0.25, 0.3) is 11.0 Å². The van der Waals surface area contributed by atoms with E-state index in [2.05, 4.69) is 33.0 Å². The second kappa shape index (κ2) is 11.9. The molecule has 0 unspecified atom stereocenters. The molecule has 0 amide bonds. The maximum Gasteiger partial charge on any atom is 0.146 e. The molecule has 1 saturated heterocycles. The molecule has 1 aliphatic heterocycles. The number of piperidine rings is 1. The van der Waals surface area contributed by atoms with E-state index in [4.69, 9.17) is 10.4 Å². The highest BCUT2D eigenvalue weighted by molar-refractivity contribution is 6.02. The van der Waals surface area contributed by atoms with Gasteiger partial charge in [-0.2, -0.15) is 0 Å². The highest BCUT2D eigenvalue weighted by Crippen LogP contribution is 2.32. The first-order chi connectivity index (χ1) is 18.5. The number of para-hydroxylation sites is 3. The third-order valence-electron chi connectivity index (χ3n) is 7.44. The minimum Gasteiger partial charge on any atom is -0.353 e. The van der Waals surface area contributed by atoms with Crippen LogP contribution in [0.4, 0.5) is 20.2 Å². The van der Waals surface area contributed by atoms with Crippen LogP contribution in [0.2, 0.25) is 0 Å². The minimum absolute atomic E-state index is 0.278. The van der Waals surface area contributed by atoms with Crippen molar-refractivity contribution in [3.05, 3.63) is 89.5 Å². The maximum atomic E-state index is 14.2. The molecule has 4 aromatic rings. The SMILES string of the molecule is CC(=N)c1cc(CN2CCC(c3nc4ccccc4n3CCCCF)CC2)ccc1Nc1ccccc1F. The molecule has 38 heavy (non-hydrogen) atoms. The maximum absolute atomic E-state index is 14.2. The van der Waals surface area contributed by atoms with Crippen molar-refractivity contribution in [3.8, 4) is 0 Å². The Labute approximate surface area is 223 Å². The molecule has 1 aliphatic rings. The van der Waals surface area contributed by atoms with Crippen molar-refractivity contribution in [2.24, 2.45) is 0 Å². The minimum atomic E-state index is -0.316. The average molecular weight is 516 g/mol. The van der Waals surface area contributed by atoms with Crippen LogP contribution >= 0.6 is 0 Å². The average Bonchev–Trinajstić information content (AvgIpc) is 3.30. The number of anilines is 2. The molecule has 0 spiro atoms. The van der Waals surface area contributed by atoms with Crippen molar-refractivity contribution < 1.29 is 8.78 Å². The Morgan fingerprint density at radius 2 is 1.76 bits per heavy atom. The summed E-state index contributed by atoms with van der Waals surface area (Å²) in [4.78, 5) is 7.45. The van der Waals surface area contributed by atoms with Gasteiger partial charge in [0, 0.05) is 36.0 Å². The summed E-state index contributed by atoms with van der Waals surface area (Å²) in [7, 11) is 0. The van der Waals surface area contributed by atoms with E-state index in [9.17, 15) is 8.78 Å². The third-order valence-corrected chi connectivity index (χ3v) is 7.44. The van der Waals surface area contributed by atoms with Crippen molar-refractivity contribution in [1.82, 2.24) is 14.5 Å². The third kappa shape index (κ3) is 5.78. The van der Waals surface area contributed by atoms with Gasteiger partial charge < -0.3 is 15.3 Å². The van der Waals surface area contributed by atoms with Gasteiger partial charge in [0.2, 0.25) is 0 Å². The van der Waals surface area contributed by atoms with Gasteiger partial charge in [0.25, 0.3) is 0 Å². The number of benzene rings is 3. The van der Waals surface area contributed by atoms with Gasteiger partial charge in [-0.3, -0.25) is 9.29 Å². The predicted molar refractivity (Wildman–Crippen MR) is 151 cm³/mol. The molecule has 0 atom stereocenters. The van der Waals surface area contributed by atoms with Crippen LogP contribution in [0.15, 0.2) is 66.7 Å². The second-order valence-corrected chi connectivity index (χ2v) is 10.2. The summed E-state index contributed by atoms with van der Waals surface area (Å²) >= 11 is 0. The summed E-state index contributed by atoms with van der Waals surface area (Å²) in [5.74, 6) is 1.20. The number of nitrogens with one attached hydrogen (secondary N) is 2. The number of imidazole rings is 1. The van der Waals surface area contributed by atoms with E-state index in [0.717, 1.165) is 79.1 Å². The fourth-order valence-corrected chi connectivity index (χ4v) is 5.43.